The largest absolute Gasteiger partial charge is 0.451 e. The number of anilines is 1. The third-order valence-corrected chi connectivity index (χ3v) is 6.32. The van der Waals surface area contributed by atoms with Crippen LogP contribution in [0.4, 0.5) is 16.2 Å². The molecule has 11 nitrogen and oxygen atoms in total. The van der Waals surface area contributed by atoms with Gasteiger partial charge in [-0.2, -0.15) is 0 Å². The van der Waals surface area contributed by atoms with Crippen molar-refractivity contribution in [2.45, 2.75) is 58.6 Å². The molecule has 0 radical (unpaired) electrons. The minimum Gasteiger partial charge on any atom is -0.451 e. The van der Waals surface area contributed by atoms with Crippen molar-refractivity contribution in [3.63, 3.8) is 0 Å². The Bertz CT molecular complexity index is 1060. The highest BCUT2D eigenvalue weighted by Gasteiger charge is 2.56. The third-order valence-electron chi connectivity index (χ3n) is 6.01. The first-order valence-electron chi connectivity index (χ1n) is 10.8. The second kappa shape index (κ2) is 9.21. The van der Waals surface area contributed by atoms with Gasteiger partial charge < -0.3 is 15.4 Å². The molecule has 3 rings (SSSR count). The SMILES string of the molecule is CC1CC(C)(C)CC2(C1)NC(=O)N(CC(=O)OC(C)C(=O)Nc1ccc([N+](=O)[O-])cc1Cl)C2=O. The van der Waals surface area contributed by atoms with Gasteiger partial charge in [-0.3, -0.25) is 29.4 Å². The van der Waals surface area contributed by atoms with Gasteiger partial charge in [-0.1, -0.05) is 32.4 Å². The van der Waals surface area contributed by atoms with E-state index in [0.717, 1.165) is 17.4 Å². The lowest BCUT2D eigenvalue weighted by molar-refractivity contribution is -0.384. The highest BCUT2D eigenvalue weighted by molar-refractivity contribution is 6.34. The summed E-state index contributed by atoms with van der Waals surface area (Å²) in [5.41, 5.74) is -1.34. The zero-order valence-electron chi connectivity index (χ0n) is 19.3. The summed E-state index contributed by atoms with van der Waals surface area (Å²) in [4.78, 5) is 61.5. The van der Waals surface area contributed by atoms with Gasteiger partial charge in [-0.25, -0.2) is 4.79 Å². The Labute approximate surface area is 201 Å². The standard InChI is InChI=1S/C22H27ClN4O7/c1-12-8-21(3,4)11-22(9-12)19(30)26(20(31)25-22)10-17(28)34-13(2)18(29)24-16-6-5-14(27(32)33)7-15(16)23/h5-7,12-13H,8-11H2,1-4H3,(H,24,29)(H,25,31). The monoisotopic (exact) mass is 494 g/mol. The molecule has 1 heterocycles. The number of halogens is 1. The topological polar surface area (TPSA) is 148 Å². The average molecular weight is 495 g/mol. The van der Waals surface area contributed by atoms with E-state index >= 15 is 0 Å². The quantitative estimate of drug-likeness (QED) is 0.267. The van der Waals surface area contributed by atoms with Crippen molar-refractivity contribution < 1.29 is 28.8 Å². The molecule has 1 aliphatic heterocycles. The number of nitro benzene ring substituents is 1. The van der Waals surface area contributed by atoms with Crippen LogP contribution in [-0.4, -0.2) is 51.8 Å². The molecule has 0 aromatic heterocycles. The Balaban J connectivity index is 1.61. The smallest absolute Gasteiger partial charge is 0.327 e. The minimum atomic E-state index is -1.28. The third kappa shape index (κ3) is 5.30. The molecule has 3 unspecified atom stereocenters. The summed E-state index contributed by atoms with van der Waals surface area (Å²) < 4.78 is 5.11. The summed E-state index contributed by atoms with van der Waals surface area (Å²) in [5.74, 6) is -1.92. The first-order valence-corrected chi connectivity index (χ1v) is 11.2. The zero-order chi connectivity index (χ0) is 25.4. The van der Waals surface area contributed by atoms with Crippen molar-refractivity contribution >= 4 is 46.8 Å². The molecule has 1 aromatic rings. The number of ether oxygens (including phenoxy) is 1. The summed E-state index contributed by atoms with van der Waals surface area (Å²) in [5, 5.41) is 15.9. The summed E-state index contributed by atoms with van der Waals surface area (Å²) in [7, 11) is 0. The fraction of sp³-hybridized carbons (Fsp3) is 0.545. The number of nitrogens with one attached hydrogen (secondary N) is 2. The lowest BCUT2D eigenvalue weighted by atomic mass is 9.64. The lowest BCUT2D eigenvalue weighted by Crippen LogP contribution is -2.54. The maximum Gasteiger partial charge on any atom is 0.327 e. The van der Waals surface area contributed by atoms with Gasteiger partial charge in [0.15, 0.2) is 6.10 Å². The molecular weight excluding hydrogens is 468 g/mol. The number of nitrogens with zero attached hydrogens (tertiary/aromatic N) is 2. The highest BCUT2D eigenvalue weighted by Crippen LogP contribution is 2.46. The molecule has 2 aliphatic rings. The molecule has 1 aliphatic carbocycles. The van der Waals surface area contributed by atoms with Crippen molar-refractivity contribution in [1.82, 2.24) is 10.2 Å². The number of amides is 4. The first kappa shape index (κ1) is 25.4. The van der Waals surface area contributed by atoms with Crippen LogP contribution in [0.3, 0.4) is 0 Å². The van der Waals surface area contributed by atoms with E-state index in [1.165, 1.54) is 19.1 Å². The predicted molar refractivity (Wildman–Crippen MR) is 122 cm³/mol. The van der Waals surface area contributed by atoms with E-state index in [9.17, 15) is 29.3 Å². The van der Waals surface area contributed by atoms with Crippen molar-refractivity contribution in [3.05, 3.63) is 33.3 Å². The van der Waals surface area contributed by atoms with Crippen LogP contribution in [0.15, 0.2) is 18.2 Å². The Kier molecular flexibility index (Phi) is 6.88. The Hall–Kier alpha value is -3.21. The van der Waals surface area contributed by atoms with Crippen LogP contribution in [0.2, 0.25) is 5.02 Å². The molecule has 2 fully saturated rings. The molecule has 3 atom stereocenters. The maximum absolute atomic E-state index is 13.1. The second-order valence-corrected chi connectivity index (χ2v) is 10.2. The van der Waals surface area contributed by atoms with Gasteiger partial charge in [0, 0.05) is 12.1 Å². The van der Waals surface area contributed by atoms with Crippen LogP contribution < -0.4 is 10.6 Å². The maximum atomic E-state index is 13.1. The van der Waals surface area contributed by atoms with Gasteiger partial charge >= 0.3 is 12.0 Å². The lowest BCUT2D eigenvalue weighted by Gasteiger charge is -2.43. The number of hydrogen-bond donors (Lipinski definition) is 2. The molecule has 1 aromatic carbocycles. The van der Waals surface area contributed by atoms with E-state index in [1.807, 2.05) is 20.8 Å². The highest BCUT2D eigenvalue weighted by atomic mass is 35.5. The summed E-state index contributed by atoms with van der Waals surface area (Å²) >= 11 is 5.96. The van der Waals surface area contributed by atoms with Gasteiger partial charge in [0.2, 0.25) is 0 Å². The average Bonchev–Trinajstić information content (AvgIpc) is 2.90. The van der Waals surface area contributed by atoms with Gasteiger partial charge in [0.05, 0.1) is 15.6 Å². The van der Waals surface area contributed by atoms with Crippen LogP contribution >= 0.6 is 11.6 Å². The van der Waals surface area contributed by atoms with Crippen LogP contribution in [0, 0.1) is 21.4 Å². The van der Waals surface area contributed by atoms with E-state index < -0.39 is 46.9 Å². The van der Waals surface area contributed by atoms with Crippen LogP contribution in [0.1, 0.15) is 47.0 Å². The minimum absolute atomic E-state index is 0.0599. The van der Waals surface area contributed by atoms with Gasteiger partial charge in [0.1, 0.15) is 12.1 Å². The molecule has 0 bridgehead atoms. The molecule has 1 spiro atoms. The second-order valence-electron chi connectivity index (χ2n) is 9.80. The van der Waals surface area contributed by atoms with E-state index in [4.69, 9.17) is 16.3 Å². The number of esters is 1. The molecule has 12 heteroatoms. The molecule has 1 saturated carbocycles. The van der Waals surface area contributed by atoms with E-state index in [-0.39, 0.29) is 27.7 Å². The van der Waals surface area contributed by atoms with Crippen molar-refractivity contribution in [1.29, 1.82) is 0 Å². The molecule has 4 amide bonds. The number of hydrogen-bond acceptors (Lipinski definition) is 7. The number of benzene rings is 1. The number of non-ortho nitro benzene ring substituents is 1. The Morgan fingerprint density at radius 3 is 2.62 bits per heavy atom. The number of urea groups is 1. The fourth-order valence-corrected chi connectivity index (χ4v) is 5.24. The number of imide groups is 1. The summed E-state index contributed by atoms with van der Waals surface area (Å²) in [6.45, 7) is 6.79. The van der Waals surface area contributed by atoms with Gasteiger partial charge in [-0.15, -0.1) is 0 Å². The van der Waals surface area contributed by atoms with Crippen LogP contribution in [0.5, 0.6) is 0 Å². The Morgan fingerprint density at radius 2 is 2.03 bits per heavy atom. The summed E-state index contributed by atoms with van der Waals surface area (Å²) in [6.07, 6.45) is 0.601. The number of rotatable bonds is 6. The normalized spacial score (nSPS) is 24.5. The van der Waals surface area contributed by atoms with Crippen molar-refractivity contribution in [2.24, 2.45) is 11.3 Å². The van der Waals surface area contributed by atoms with Crippen molar-refractivity contribution in [3.8, 4) is 0 Å². The van der Waals surface area contributed by atoms with Crippen molar-refractivity contribution in [2.75, 3.05) is 11.9 Å². The molecule has 34 heavy (non-hydrogen) atoms. The zero-order valence-corrected chi connectivity index (χ0v) is 20.1. The van der Waals surface area contributed by atoms with Crippen LogP contribution in [0.25, 0.3) is 0 Å². The molecular formula is C22H27ClN4O7. The predicted octanol–water partition coefficient (Wildman–Crippen LogP) is 3.26. The molecule has 1 saturated heterocycles. The Morgan fingerprint density at radius 1 is 1.35 bits per heavy atom. The number of nitro groups is 1. The number of carbonyl (C=O) groups is 4. The van der Waals surface area contributed by atoms with E-state index in [2.05, 4.69) is 10.6 Å². The fourth-order valence-electron chi connectivity index (χ4n) is 5.02. The molecule has 184 valence electrons. The van der Waals surface area contributed by atoms with Gasteiger partial charge in [0.25, 0.3) is 17.5 Å². The summed E-state index contributed by atoms with van der Waals surface area (Å²) in [6, 6.07) is 2.83. The number of carbonyl (C=O) groups excluding carboxylic acids is 4. The van der Waals surface area contributed by atoms with E-state index in [0.29, 0.717) is 12.8 Å². The van der Waals surface area contributed by atoms with Crippen LogP contribution in [-0.2, 0) is 19.1 Å². The first-order chi connectivity index (χ1) is 15.7. The van der Waals surface area contributed by atoms with Gasteiger partial charge in [-0.05, 0) is 43.6 Å². The molecule has 2 N–H and O–H groups in total. The van der Waals surface area contributed by atoms with E-state index in [1.54, 1.807) is 0 Å².